The van der Waals surface area contributed by atoms with Crippen LogP contribution in [0.4, 0.5) is 0 Å². The summed E-state index contributed by atoms with van der Waals surface area (Å²) >= 11 is 0. The van der Waals surface area contributed by atoms with Gasteiger partial charge in [0.05, 0.1) is 22.1 Å². The van der Waals surface area contributed by atoms with E-state index in [1.54, 1.807) is 0 Å². The summed E-state index contributed by atoms with van der Waals surface area (Å²) < 4.78 is 13.4. The highest BCUT2D eigenvalue weighted by Crippen LogP contribution is 2.48. The summed E-state index contributed by atoms with van der Waals surface area (Å²) in [4.78, 5) is 0. The lowest BCUT2D eigenvalue weighted by Gasteiger charge is -2.37. The number of hydrogen-bond donors (Lipinski definition) is 0. The molecule has 0 unspecified atom stereocenters. The molecule has 0 radical (unpaired) electrons. The quantitative estimate of drug-likeness (QED) is 0.158. The molecule has 0 aliphatic carbocycles. The van der Waals surface area contributed by atoms with E-state index >= 15 is 0 Å². The van der Waals surface area contributed by atoms with Gasteiger partial charge in [-0.3, -0.25) is 0 Å². The lowest BCUT2D eigenvalue weighted by Crippen LogP contribution is -2.72. The van der Waals surface area contributed by atoms with E-state index in [2.05, 4.69) is 280 Å². The summed E-state index contributed by atoms with van der Waals surface area (Å²) in [5, 5.41) is 10.8. The molecule has 16 rings (SSSR count). The fraction of sp³-hybridized carbons (Fsp3) is 0.211. The first-order chi connectivity index (χ1) is 38.7. The Kier molecular flexibility index (Phi) is 9.68. The first kappa shape index (κ1) is 48.8. The zero-order valence-electron chi connectivity index (χ0n) is 48.8. The molecule has 0 amide bonds. The van der Waals surface area contributed by atoms with Crippen LogP contribution >= 0.6 is 0 Å². The van der Waals surface area contributed by atoms with Gasteiger partial charge in [0.2, 0.25) is 0 Å². The molecular weight excluding hydrogens is 996 g/mol. The molecule has 1 spiro atoms. The van der Waals surface area contributed by atoms with Crippen molar-refractivity contribution >= 4 is 95.5 Å². The molecule has 5 heteroatoms. The predicted molar refractivity (Wildman–Crippen MR) is 348 cm³/mol. The van der Waals surface area contributed by atoms with Crippen molar-refractivity contribution in [1.29, 1.82) is 0 Å². The van der Waals surface area contributed by atoms with E-state index in [0.29, 0.717) is 0 Å². The van der Waals surface area contributed by atoms with Gasteiger partial charge in [-0.1, -0.05) is 235 Å². The van der Waals surface area contributed by atoms with E-state index in [9.17, 15) is 0 Å². The third-order valence-corrected chi connectivity index (χ3v) is 24.1. The molecule has 81 heavy (non-hydrogen) atoms. The molecule has 0 saturated carbocycles. The first-order valence-electron chi connectivity index (χ1n) is 29.4. The smallest absolute Gasteiger partial charge is 0.256 e. The number of aromatic nitrogens is 2. The van der Waals surface area contributed by atoms with E-state index < -0.39 is 8.07 Å². The van der Waals surface area contributed by atoms with Crippen LogP contribution in [0.15, 0.2) is 188 Å². The van der Waals surface area contributed by atoms with Gasteiger partial charge >= 0.3 is 0 Å². The van der Waals surface area contributed by atoms with Crippen molar-refractivity contribution in [2.45, 2.75) is 105 Å². The van der Waals surface area contributed by atoms with Crippen LogP contribution in [0.25, 0.3) is 88.4 Å². The van der Waals surface area contributed by atoms with Crippen LogP contribution in [0, 0.1) is 0 Å². The highest BCUT2D eigenvalue weighted by atomic mass is 28.3. The summed E-state index contributed by atoms with van der Waals surface area (Å²) in [6.07, 6.45) is 0. The van der Waals surface area contributed by atoms with E-state index in [0.717, 1.165) is 11.5 Å². The monoisotopic (exact) mass is 1060 g/mol. The molecule has 10 aromatic carbocycles. The maximum absolute atomic E-state index is 8.09. The summed E-state index contributed by atoms with van der Waals surface area (Å²) in [7, 11) is -2.97. The van der Waals surface area contributed by atoms with Gasteiger partial charge < -0.3 is 13.9 Å². The van der Waals surface area contributed by atoms with Crippen molar-refractivity contribution < 1.29 is 4.74 Å². The van der Waals surface area contributed by atoms with Gasteiger partial charge in [-0.2, -0.15) is 0 Å². The normalized spacial score (nSPS) is 14.6. The third-order valence-electron chi connectivity index (χ3n) is 19.1. The van der Waals surface area contributed by atoms with E-state index in [1.165, 1.54) is 148 Å². The van der Waals surface area contributed by atoms with Gasteiger partial charge in [-0.15, -0.1) is 0 Å². The molecule has 394 valence electrons. The first-order valence-corrected chi connectivity index (χ1v) is 31.4. The molecule has 3 nitrogen and oxygen atoms in total. The fourth-order valence-electron chi connectivity index (χ4n) is 15.1. The van der Waals surface area contributed by atoms with E-state index in [4.69, 9.17) is 4.74 Å². The van der Waals surface area contributed by atoms with Gasteiger partial charge in [0, 0.05) is 38.1 Å². The molecule has 6 heterocycles. The molecule has 0 bridgehead atoms. The number of ether oxygens (including phenoxy) is 1. The summed E-state index contributed by atoms with van der Waals surface area (Å²) in [5.74, 6) is 1.98. The zero-order valence-corrected chi connectivity index (χ0v) is 49.8. The molecule has 0 fully saturated rings. The van der Waals surface area contributed by atoms with E-state index in [1.807, 2.05) is 0 Å². The summed E-state index contributed by atoms with van der Waals surface area (Å²) in [5.41, 5.74) is 24.0. The predicted octanol–water partition coefficient (Wildman–Crippen LogP) is 15.0. The second kappa shape index (κ2) is 16.1. The highest BCUT2D eigenvalue weighted by molar-refractivity contribution is 7.25. The molecule has 4 aliphatic heterocycles. The van der Waals surface area contributed by atoms with Crippen molar-refractivity contribution in [2.24, 2.45) is 0 Å². The Hall–Kier alpha value is -8.12. The van der Waals surface area contributed by atoms with Gasteiger partial charge in [0.15, 0.2) is 8.07 Å². The van der Waals surface area contributed by atoms with Crippen molar-refractivity contribution in [2.75, 3.05) is 0 Å². The topological polar surface area (TPSA) is 19.1 Å². The van der Waals surface area contributed by atoms with Crippen molar-refractivity contribution in [3.63, 3.8) is 0 Å². The Morgan fingerprint density at radius 2 is 0.877 bits per heavy atom. The highest BCUT2D eigenvalue weighted by Gasteiger charge is 2.57. The Morgan fingerprint density at radius 3 is 1.44 bits per heavy atom. The number of benzene rings is 10. The van der Waals surface area contributed by atoms with Crippen LogP contribution in [0.3, 0.4) is 0 Å². The lowest BCUT2D eigenvalue weighted by atomic mass is 9.34. The van der Waals surface area contributed by atoms with Crippen LogP contribution in [0.2, 0.25) is 0 Å². The Balaban J connectivity index is 1.08. The Morgan fingerprint density at radius 1 is 0.395 bits per heavy atom. The number of hydrogen-bond acceptors (Lipinski definition) is 1. The minimum Gasteiger partial charge on any atom is -0.458 e. The van der Waals surface area contributed by atoms with Crippen molar-refractivity contribution in [3.05, 3.63) is 210 Å². The molecule has 4 aliphatic rings. The third kappa shape index (κ3) is 6.53. The second-order valence-electron chi connectivity index (χ2n) is 28.1. The van der Waals surface area contributed by atoms with Gasteiger partial charge in [0.1, 0.15) is 11.5 Å². The largest absolute Gasteiger partial charge is 0.458 e. The molecular formula is C76H67BN2OSi. The minimum atomic E-state index is -2.97. The second-order valence-corrected chi connectivity index (χ2v) is 31.7. The number of nitrogens with zero attached hydrogens (tertiary/aromatic N) is 2. The van der Waals surface area contributed by atoms with Crippen molar-refractivity contribution in [1.82, 2.24) is 9.13 Å². The molecule has 12 aromatic rings. The Labute approximate surface area is 478 Å². The fourth-order valence-corrected chi connectivity index (χ4v) is 20.8. The van der Waals surface area contributed by atoms with Crippen LogP contribution in [0.5, 0.6) is 11.5 Å². The SMILES string of the molecule is CC(C)(C)c1cc(-c2cc3c4c(c2)-n2c5ccccc5c5c2c(cc2c6ccccc6n(-c6cc(C(C)(C)C)cc(C(C)(C)C)c6)c25)B4c2ccc4c(c2O3)[Si]2(c3ccccc3-c3ccccc32)c2ccccc2-4)cc(C(C)(C)C)c1. The average molecular weight is 1060 g/mol. The zero-order chi connectivity index (χ0) is 55.6. The minimum absolute atomic E-state index is 0.0601. The molecule has 0 N–H and O–H groups in total. The standard InChI is InChI=1S/C76H67BN2OSi/c1-73(2,3)46-35-44(36-47(39-46)74(4,5)6)45-37-62-68-63(38-45)80-71-58(34-33-55-54-26-17-22-32-66(54)81(72(55)71)64-30-20-15-24-52(64)53-25-16-21-31-65(53)81)77(68)59-43-57-51-23-13-18-28-60(51)78(50-41-48(75(7,8)9)40-49(42-50)76(10,11)12)69(57)67-56-27-14-19-29-61(56)79(62)70(59)67/h13-43H,1-12H3. The molecule has 0 atom stereocenters. The molecule has 0 saturated heterocycles. The van der Waals surface area contributed by atoms with Gasteiger partial charge in [-0.05, 0) is 146 Å². The maximum Gasteiger partial charge on any atom is 0.256 e. The number of para-hydroxylation sites is 2. The van der Waals surface area contributed by atoms with E-state index in [-0.39, 0.29) is 28.4 Å². The van der Waals surface area contributed by atoms with Crippen LogP contribution < -0.4 is 41.9 Å². The summed E-state index contributed by atoms with van der Waals surface area (Å²) in [6, 6.07) is 73.6. The van der Waals surface area contributed by atoms with Gasteiger partial charge in [-0.25, -0.2) is 0 Å². The average Bonchev–Trinajstić information content (AvgIpc) is 4.35. The van der Waals surface area contributed by atoms with Gasteiger partial charge in [0.25, 0.3) is 6.71 Å². The van der Waals surface area contributed by atoms with Crippen LogP contribution in [-0.2, 0) is 21.7 Å². The maximum atomic E-state index is 8.09. The number of rotatable bonds is 2. The lowest BCUT2D eigenvalue weighted by molar-refractivity contribution is 0.491. The van der Waals surface area contributed by atoms with Crippen LogP contribution in [0.1, 0.15) is 105 Å². The molecule has 2 aromatic heterocycles. The van der Waals surface area contributed by atoms with Crippen LogP contribution in [-0.4, -0.2) is 23.9 Å². The Bertz CT molecular complexity index is 4660. The number of fused-ring (bicyclic) bond motifs is 22. The summed E-state index contributed by atoms with van der Waals surface area (Å²) in [6.45, 7) is 28.1. The van der Waals surface area contributed by atoms with Crippen molar-refractivity contribution in [3.8, 4) is 56.3 Å².